The molecule has 5 heterocycles. The van der Waals surface area contributed by atoms with Gasteiger partial charge in [0.1, 0.15) is 23.1 Å². The smallest absolute Gasteiger partial charge is 0.164 e. The zero-order chi connectivity index (χ0) is 25.2. The van der Waals surface area contributed by atoms with Gasteiger partial charge in [0.2, 0.25) is 0 Å². The van der Waals surface area contributed by atoms with Crippen molar-refractivity contribution in [1.82, 2.24) is 29.4 Å². The summed E-state index contributed by atoms with van der Waals surface area (Å²) in [6.45, 7) is 4.60. The van der Waals surface area contributed by atoms with Gasteiger partial charge < -0.3 is 10.6 Å². The van der Waals surface area contributed by atoms with Crippen molar-refractivity contribution < 1.29 is 0 Å². The van der Waals surface area contributed by atoms with Crippen molar-refractivity contribution in [1.29, 1.82) is 5.26 Å². The Morgan fingerprint density at radius 1 is 0.838 bits per heavy atom. The van der Waals surface area contributed by atoms with E-state index in [1.807, 2.05) is 41.0 Å². The largest absolute Gasteiger partial charge is 0.383 e. The molecule has 4 aromatic heterocycles. The molecule has 1 saturated heterocycles. The first-order valence-electron chi connectivity index (χ1n) is 12.2. The van der Waals surface area contributed by atoms with Gasteiger partial charge in [0, 0.05) is 62.7 Å². The maximum absolute atomic E-state index is 9.13. The van der Waals surface area contributed by atoms with Crippen LogP contribution in [-0.2, 0) is 6.54 Å². The summed E-state index contributed by atoms with van der Waals surface area (Å²) in [6, 6.07) is 22.1. The van der Waals surface area contributed by atoms with Crippen molar-refractivity contribution >= 4 is 22.7 Å². The molecule has 0 amide bonds. The average Bonchev–Trinajstić information content (AvgIpc) is 3.33. The minimum Gasteiger partial charge on any atom is -0.383 e. The van der Waals surface area contributed by atoms with Crippen molar-refractivity contribution in [3.63, 3.8) is 0 Å². The first kappa shape index (κ1) is 22.6. The molecule has 9 heteroatoms. The summed E-state index contributed by atoms with van der Waals surface area (Å²) in [5.41, 5.74) is 12.3. The Bertz CT molecular complexity index is 1590. The van der Waals surface area contributed by atoms with Crippen LogP contribution < -0.4 is 10.6 Å². The molecule has 1 fully saturated rings. The lowest BCUT2D eigenvalue weighted by Crippen LogP contribution is -2.46. The fourth-order valence-corrected chi connectivity index (χ4v) is 4.79. The lowest BCUT2D eigenvalue weighted by molar-refractivity contribution is 0.250. The number of anilines is 2. The van der Waals surface area contributed by atoms with Crippen LogP contribution in [0.15, 0.2) is 79.3 Å². The highest BCUT2D eigenvalue weighted by atomic mass is 15.3. The summed E-state index contributed by atoms with van der Waals surface area (Å²) < 4.78 is 2.04. The second kappa shape index (κ2) is 9.68. The summed E-state index contributed by atoms with van der Waals surface area (Å²) in [5.74, 6) is 1.16. The second-order valence-corrected chi connectivity index (χ2v) is 8.99. The molecule has 6 rings (SSSR count). The maximum Gasteiger partial charge on any atom is 0.164 e. The molecule has 1 aliphatic rings. The summed E-state index contributed by atoms with van der Waals surface area (Å²) in [4.78, 5) is 22.5. The van der Waals surface area contributed by atoms with Crippen molar-refractivity contribution in [3.8, 4) is 23.1 Å². The van der Waals surface area contributed by atoms with E-state index < -0.39 is 0 Å². The van der Waals surface area contributed by atoms with Crippen LogP contribution in [0.4, 0.5) is 11.5 Å². The van der Waals surface area contributed by atoms with E-state index >= 15 is 0 Å². The topological polar surface area (TPSA) is 113 Å². The molecule has 0 radical (unpaired) electrons. The molecule has 0 aliphatic carbocycles. The monoisotopic (exact) mass is 487 g/mol. The molecular weight excluding hydrogens is 462 g/mol. The first-order valence-corrected chi connectivity index (χ1v) is 12.2. The molecule has 9 nitrogen and oxygen atoms in total. The van der Waals surface area contributed by atoms with Gasteiger partial charge in [-0.2, -0.15) is 5.26 Å². The molecule has 0 atom stereocenters. The lowest BCUT2D eigenvalue weighted by Gasteiger charge is -2.36. The number of fused-ring (bicyclic) bond motifs is 1. The highest BCUT2D eigenvalue weighted by Crippen LogP contribution is 2.30. The van der Waals surface area contributed by atoms with Gasteiger partial charge in [-0.05, 0) is 54.1 Å². The number of imidazole rings is 1. The van der Waals surface area contributed by atoms with Crippen molar-refractivity contribution in [2.45, 2.75) is 6.54 Å². The third-order valence-electron chi connectivity index (χ3n) is 6.69. The summed E-state index contributed by atoms with van der Waals surface area (Å²) in [7, 11) is 0. The summed E-state index contributed by atoms with van der Waals surface area (Å²) in [5, 5.41) is 9.13. The standard InChI is InChI=1S/C28H25N9/c29-18-21-17-23(9-12-31-21)36-15-13-35(14-16-36)19-20-5-7-22(8-6-20)37-27(24-3-1-10-32-26(24)30)34-25-4-2-11-33-28(25)37/h1-12,17H,13-16,19H2,(H2,30,32). The Kier molecular flexibility index (Phi) is 5.92. The average molecular weight is 488 g/mol. The number of aromatic nitrogens is 5. The van der Waals surface area contributed by atoms with Gasteiger partial charge in [-0.15, -0.1) is 0 Å². The van der Waals surface area contributed by atoms with E-state index in [0.29, 0.717) is 11.5 Å². The van der Waals surface area contributed by atoms with Gasteiger partial charge in [0.15, 0.2) is 11.5 Å². The molecule has 1 aromatic carbocycles. The number of nitriles is 1. The van der Waals surface area contributed by atoms with Gasteiger partial charge in [0.05, 0.1) is 5.56 Å². The predicted octanol–water partition coefficient (Wildman–Crippen LogP) is 3.65. The van der Waals surface area contributed by atoms with Crippen LogP contribution in [0.1, 0.15) is 11.3 Å². The van der Waals surface area contributed by atoms with Crippen molar-refractivity contribution in [2.24, 2.45) is 0 Å². The maximum atomic E-state index is 9.13. The Morgan fingerprint density at radius 3 is 2.41 bits per heavy atom. The number of hydrogen-bond donors (Lipinski definition) is 1. The molecule has 0 unspecified atom stereocenters. The molecular formula is C28H25N9. The van der Waals surface area contributed by atoms with Gasteiger partial charge in [-0.25, -0.2) is 19.9 Å². The highest BCUT2D eigenvalue weighted by Gasteiger charge is 2.19. The highest BCUT2D eigenvalue weighted by molar-refractivity contribution is 5.82. The normalized spacial score (nSPS) is 14.1. The number of nitrogen functional groups attached to an aromatic ring is 1. The molecule has 1 aliphatic heterocycles. The quantitative estimate of drug-likeness (QED) is 0.400. The molecule has 0 bridgehead atoms. The summed E-state index contributed by atoms with van der Waals surface area (Å²) >= 11 is 0. The SMILES string of the molecule is N#Cc1cc(N2CCN(Cc3ccc(-n4c(-c5cccnc5N)nc5cccnc54)cc3)CC2)ccn1. The Labute approximate surface area is 214 Å². The zero-order valence-electron chi connectivity index (χ0n) is 20.2. The van der Waals surface area contributed by atoms with Crippen LogP contribution in [-0.4, -0.2) is 55.6 Å². The van der Waals surface area contributed by atoms with Crippen molar-refractivity contribution in [2.75, 3.05) is 36.8 Å². The number of nitrogens with zero attached hydrogens (tertiary/aromatic N) is 8. The van der Waals surface area contributed by atoms with E-state index in [0.717, 1.165) is 66.7 Å². The third kappa shape index (κ3) is 4.46. The van der Waals surface area contributed by atoms with Crippen LogP contribution in [0.2, 0.25) is 0 Å². The lowest BCUT2D eigenvalue weighted by atomic mass is 10.1. The van der Waals surface area contributed by atoms with Crippen LogP contribution in [0.5, 0.6) is 0 Å². The molecule has 2 N–H and O–H groups in total. The molecule has 37 heavy (non-hydrogen) atoms. The van der Waals surface area contributed by atoms with Crippen LogP contribution in [0.25, 0.3) is 28.2 Å². The van der Waals surface area contributed by atoms with Crippen LogP contribution >= 0.6 is 0 Å². The first-order chi connectivity index (χ1) is 18.2. The fraction of sp³-hybridized carbons (Fsp3) is 0.179. The van der Waals surface area contributed by atoms with E-state index in [4.69, 9.17) is 16.0 Å². The van der Waals surface area contributed by atoms with E-state index in [-0.39, 0.29) is 0 Å². The minimum atomic E-state index is 0.436. The molecule has 0 spiro atoms. The van der Waals surface area contributed by atoms with E-state index in [1.54, 1.807) is 18.6 Å². The van der Waals surface area contributed by atoms with Crippen molar-refractivity contribution in [3.05, 3.63) is 90.5 Å². The number of nitrogens with two attached hydrogens (primary N) is 1. The van der Waals surface area contributed by atoms with E-state index in [9.17, 15) is 0 Å². The van der Waals surface area contributed by atoms with Gasteiger partial charge in [0.25, 0.3) is 0 Å². The Hall–Kier alpha value is -4.81. The minimum absolute atomic E-state index is 0.436. The van der Waals surface area contributed by atoms with Crippen LogP contribution in [0.3, 0.4) is 0 Å². The predicted molar refractivity (Wildman–Crippen MR) is 143 cm³/mol. The fourth-order valence-electron chi connectivity index (χ4n) is 4.79. The number of rotatable bonds is 5. The van der Waals surface area contributed by atoms with Gasteiger partial charge >= 0.3 is 0 Å². The van der Waals surface area contributed by atoms with E-state index in [2.05, 4.69) is 55.1 Å². The number of hydrogen-bond acceptors (Lipinski definition) is 8. The molecule has 182 valence electrons. The zero-order valence-corrected chi connectivity index (χ0v) is 20.2. The summed E-state index contributed by atoms with van der Waals surface area (Å²) in [6.07, 6.45) is 5.16. The molecule has 0 saturated carbocycles. The number of benzene rings is 1. The second-order valence-electron chi connectivity index (χ2n) is 8.99. The van der Waals surface area contributed by atoms with Crippen LogP contribution in [0, 0.1) is 11.3 Å². The van der Waals surface area contributed by atoms with Gasteiger partial charge in [-0.1, -0.05) is 12.1 Å². The third-order valence-corrected chi connectivity index (χ3v) is 6.69. The van der Waals surface area contributed by atoms with Gasteiger partial charge in [-0.3, -0.25) is 9.47 Å². The number of pyridine rings is 3. The Balaban J connectivity index is 1.21. The van der Waals surface area contributed by atoms with E-state index in [1.165, 1.54) is 5.56 Å². The molecule has 5 aromatic rings. The Morgan fingerprint density at radius 2 is 1.62 bits per heavy atom. The number of piperazine rings is 1.